The van der Waals surface area contributed by atoms with Gasteiger partial charge in [0.05, 0.1) is 12.8 Å². The van der Waals surface area contributed by atoms with Gasteiger partial charge in [-0.3, -0.25) is 0 Å². The van der Waals surface area contributed by atoms with Crippen LogP contribution in [0.1, 0.15) is 33.0 Å². The van der Waals surface area contributed by atoms with Gasteiger partial charge in [-0.2, -0.15) is 0 Å². The first-order chi connectivity index (χ1) is 6.24. The Morgan fingerprint density at radius 3 is 2.77 bits per heavy atom. The van der Waals surface area contributed by atoms with Gasteiger partial charge in [0.2, 0.25) is 0 Å². The highest BCUT2D eigenvalue weighted by molar-refractivity contribution is 4.97. The molecule has 2 heteroatoms. The van der Waals surface area contributed by atoms with Crippen molar-refractivity contribution in [2.45, 2.75) is 39.8 Å². The normalized spacial score (nSPS) is 15.6. The fraction of sp³-hybridized carbons (Fsp3) is 0.636. The van der Waals surface area contributed by atoms with Crippen LogP contribution in [0.5, 0.6) is 0 Å². The number of furan rings is 1. The van der Waals surface area contributed by atoms with Gasteiger partial charge >= 0.3 is 0 Å². The summed E-state index contributed by atoms with van der Waals surface area (Å²) in [5, 5.41) is 3.44. The third-order valence-corrected chi connectivity index (χ3v) is 2.68. The van der Waals surface area contributed by atoms with E-state index in [1.807, 2.05) is 12.1 Å². The maximum absolute atomic E-state index is 5.23. The monoisotopic (exact) mass is 181 g/mol. The highest BCUT2D eigenvalue weighted by Crippen LogP contribution is 2.08. The molecule has 0 saturated heterocycles. The van der Waals surface area contributed by atoms with Crippen LogP contribution in [-0.4, -0.2) is 6.04 Å². The quantitative estimate of drug-likeness (QED) is 0.755. The lowest BCUT2D eigenvalue weighted by molar-refractivity contribution is 0.370. The molecule has 74 valence electrons. The third-order valence-electron chi connectivity index (χ3n) is 2.68. The van der Waals surface area contributed by atoms with Crippen molar-refractivity contribution in [2.75, 3.05) is 0 Å². The molecule has 0 radical (unpaired) electrons. The predicted molar refractivity (Wildman–Crippen MR) is 54.5 cm³/mol. The van der Waals surface area contributed by atoms with Crippen LogP contribution in [0, 0.1) is 5.92 Å². The van der Waals surface area contributed by atoms with E-state index < -0.39 is 0 Å². The van der Waals surface area contributed by atoms with Crippen molar-refractivity contribution in [3.63, 3.8) is 0 Å². The molecule has 0 aliphatic rings. The first-order valence-corrected chi connectivity index (χ1v) is 4.99. The maximum Gasteiger partial charge on any atom is 0.117 e. The lowest BCUT2D eigenvalue weighted by Crippen LogP contribution is -2.31. The van der Waals surface area contributed by atoms with Crippen LogP contribution in [0.2, 0.25) is 0 Å². The SMILES string of the molecule is CC[C@@H](C)[C@@H](C)NCc1ccco1. The molecule has 0 spiro atoms. The largest absolute Gasteiger partial charge is 0.468 e. The summed E-state index contributed by atoms with van der Waals surface area (Å²) >= 11 is 0. The number of hydrogen-bond acceptors (Lipinski definition) is 2. The topological polar surface area (TPSA) is 25.2 Å². The van der Waals surface area contributed by atoms with Gasteiger partial charge in [0, 0.05) is 6.04 Å². The van der Waals surface area contributed by atoms with Gasteiger partial charge in [-0.15, -0.1) is 0 Å². The Hall–Kier alpha value is -0.760. The van der Waals surface area contributed by atoms with Gasteiger partial charge in [-0.25, -0.2) is 0 Å². The zero-order chi connectivity index (χ0) is 9.68. The fourth-order valence-electron chi connectivity index (χ4n) is 1.23. The summed E-state index contributed by atoms with van der Waals surface area (Å²) in [6.45, 7) is 7.53. The van der Waals surface area contributed by atoms with Crippen molar-refractivity contribution < 1.29 is 4.42 Å². The number of hydrogen-bond donors (Lipinski definition) is 1. The molecule has 0 fully saturated rings. The summed E-state index contributed by atoms with van der Waals surface area (Å²) < 4.78 is 5.23. The van der Waals surface area contributed by atoms with Crippen LogP contribution in [0.3, 0.4) is 0 Å². The van der Waals surface area contributed by atoms with Crippen molar-refractivity contribution >= 4 is 0 Å². The minimum atomic E-state index is 0.551. The Kier molecular flexibility index (Phi) is 4.03. The molecule has 0 aliphatic carbocycles. The van der Waals surface area contributed by atoms with Crippen molar-refractivity contribution in [3.05, 3.63) is 24.2 Å². The summed E-state index contributed by atoms with van der Waals surface area (Å²) in [5.74, 6) is 1.73. The van der Waals surface area contributed by atoms with Crippen molar-refractivity contribution in [3.8, 4) is 0 Å². The molecular weight excluding hydrogens is 162 g/mol. The second-order valence-electron chi connectivity index (χ2n) is 3.63. The molecule has 1 rings (SSSR count). The molecule has 1 N–H and O–H groups in total. The van der Waals surface area contributed by atoms with E-state index in [4.69, 9.17) is 4.42 Å². The highest BCUT2D eigenvalue weighted by atomic mass is 16.3. The number of nitrogens with one attached hydrogen (secondary N) is 1. The molecule has 1 heterocycles. The van der Waals surface area contributed by atoms with Crippen LogP contribution < -0.4 is 5.32 Å². The highest BCUT2D eigenvalue weighted by Gasteiger charge is 2.09. The van der Waals surface area contributed by atoms with Gasteiger partial charge in [0.25, 0.3) is 0 Å². The Bertz CT molecular complexity index is 218. The zero-order valence-electron chi connectivity index (χ0n) is 8.71. The van der Waals surface area contributed by atoms with E-state index in [1.165, 1.54) is 6.42 Å². The summed E-state index contributed by atoms with van der Waals surface area (Å²) in [5.41, 5.74) is 0. The molecule has 2 nitrogen and oxygen atoms in total. The standard InChI is InChI=1S/C11H19NO/c1-4-9(2)10(3)12-8-11-6-5-7-13-11/h5-7,9-10,12H,4,8H2,1-3H3/t9-,10-/m1/s1. The van der Waals surface area contributed by atoms with Crippen LogP contribution in [0.4, 0.5) is 0 Å². The molecule has 2 atom stereocenters. The second kappa shape index (κ2) is 5.07. The Balaban J connectivity index is 2.26. The van der Waals surface area contributed by atoms with Gasteiger partial charge < -0.3 is 9.73 Å². The fourth-order valence-corrected chi connectivity index (χ4v) is 1.23. The lowest BCUT2D eigenvalue weighted by Gasteiger charge is -2.18. The first-order valence-electron chi connectivity index (χ1n) is 4.99. The summed E-state index contributed by atoms with van der Waals surface area (Å²) in [4.78, 5) is 0. The molecule has 0 saturated carbocycles. The summed E-state index contributed by atoms with van der Waals surface area (Å²) in [6.07, 6.45) is 2.93. The van der Waals surface area contributed by atoms with Crippen molar-refractivity contribution in [2.24, 2.45) is 5.92 Å². The molecule has 0 aromatic carbocycles. The smallest absolute Gasteiger partial charge is 0.117 e. The Morgan fingerprint density at radius 1 is 1.46 bits per heavy atom. The average molecular weight is 181 g/mol. The van der Waals surface area contributed by atoms with E-state index in [9.17, 15) is 0 Å². The molecule has 0 unspecified atom stereocenters. The molecular formula is C11H19NO. The van der Waals surface area contributed by atoms with E-state index in [2.05, 4.69) is 26.1 Å². The van der Waals surface area contributed by atoms with Crippen LogP contribution in [-0.2, 0) is 6.54 Å². The lowest BCUT2D eigenvalue weighted by atomic mass is 10.0. The van der Waals surface area contributed by atoms with Gasteiger partial charge in [0.15, 0.2) is 0 Å². The van der Waals surface area contributed by atoms with Crippen LogP contribution >= 0.6 is 0 Å². The molecule has 1 aromatic heterocycles. The zero-order valence-corrected chi connectivity index (χ0v) is 8.71. The van der Waals surface area contributed by atoms with Crippen LogP contribution in [0.25, 0.3) is 0 Å². The van der Waals surface area contributed by atoms with E-state index >= 15 is 0 Å². The maximum atomic E-state index is 5.23. The summed E-state index contributed by atoms with van der Waals surface area (Å²) in [7, 11) is 0. The first kappa shape index (κ1) is 10.3. The van der Waals surface area contributed by atoms with E-state index in [-0.39, 0.29) is 0 Å². The predicted octanol–water partition coefficient (Wildman–Crippen LogP) is 2.80. The van der Waals surface area contributed by atoms with Gasteiger partial charge in [-0.1, -0.05) is 20.3 Å². The average Bonchev–Trinajstić information content (AvgIpc) is 2.65. The number of rotatable bonds is 5. The Morgan fingerprint density at radius 2 is 2.23 bits per heavy atom. The minimum absolute atomic E-state index is 0.551. The van der Waals surface area contributed by atoms with E-state index in [0.29, 0.717) is 6.04 Å². The Labute approximate surface area is 80.3 Å². The second-order valence-corrected chi connectivity index (χ2v) is 3.63. The van der Waals surface area contributed by atoms with E-state index in [0.717, 1.165) is 18.2 Å². The van der Waals surface area contributed by atoms with Crippen LogP contribution in [0.15, 0.2) is 22.8 Å². The summed E-state index contributed by atoms with van der Waals surface area (Å²) in [6, 6.07) is 4.47. The molecule has 0 bridgehead atoms. The minimum Gasteiger partial charge on any atom is -0.468 e. The molecule has 13 heavy (non-hydrogen) atoms. The molecule has 1 aromatic rings. The van der Waals surface area contributed by atoms with Crippen molar-refractivity contribution in [1.29, 1.82) is 0 Å². The van der Waals surface area contributed by atoms with E-state index in [1.54, 1.807) is 6.26 Å². The van der Waals surface area contributed by atoms with Crippen molar-refractivity contribution in [1.82, 2.24) is 5.32 Å². The molecule has 0 aliphatic heterocycles. The van der Waals surface area contributed by atoms with Gasteiger partial charge in [-0.05, 0) is 25.0 Å². The third kappa shape index (κ3) is 3.23. The molecule has 0 amide bonds. The van der Waals surface area contributed by atoms with Gasteiger partial charge in [0.1, 0.15) is 5.76 Å².